The van der Waals surface area contributed by atoms with Crippen LogP contribution < -0.4 is 4.90 Å². The third-order valence-electron chi connectivity index (χ3n) is 5.22. The second kappa shape index (κ2) is 8.10. The topological polar surface area (TPSA) is 6.48 Å². The molecule has 3 heteroatoms. The van der Waals surface area contributed by atoms with Gasteiger partial charge in [-0.15, -0.1) is 12.4 Å². The largest absolute Gasteiger partial charge is 0.355 e. The molecule has 1 aromatic carbocycles. The van der Waals surface area contributed by atoms with E-state index in [0.29, 0.717) is 0 Å². The highest BCUT2D eigenvalue weighted by Crippen LogP contribution is 2.31. The van der Waals surface area contributed by atoms with Crippen LogP contribution in [0, 0.1) is 20.8 Å². The molecule has 128 valence electrons. The van der Waals surface area contributed by atoms with Gasteiger partial charge in [0.1, 0.15) is 0 Å². The summed E-state index contributed by atoms with van der Waals surface area (Å²) in [6.45, 7) is 7.68. The van der Waals surface area contributed by atoms with Crippen LogP contribution in [0.4, 0.5) is 5.69 Å². The Labute approximate surface area is 148 Å². The smallest absolute Gasteiger partial charge is 0.0944 e. The molecule has 0 aromatic heterocycles. The molecular weight excluding hydrogens is 304 g/mol. The molecule has 0 bridgehead atoms. The molecular formula is C20H31ClN2. The molecule has 0 atom stereocenters. The van der Waals surface area contributed by atoms with Gasteiger partial charge in [0, 0.05) is 24.1 Å². The fourth-order valence-corrected chi connectivity index (χ4v) is 4.21. The standard InChI is InChI=1S/C20H30N2.ClH/c1-16-13-17(2)20(18(3)14-16)22-12-11-21(15-22)19-9-7-5-4-6-8-10-19;/h11-14,19H,4-10,15H2,1-3H3;1H. The first-order chi connectivity index (χ1) is 10.6. The van der Waals surface area contributed by atoms with Gasteiger partial charge in [0.25, 0.3) is 0 Å². The maximum absolute atomic E-state index is 2.57. The van der Waals surface area contributed by atoms with Gasteiger partial charge >= 0.3 is 0 Å². The van der Waals surface area contributed by atoms with Crippen molar-refractivity contribution in [1.82, 2.24) is 4.90 Å². The molecule has 1 saturated carbocycles. The Bertz CT molecular complexity index is 522. The summed E-state index contributed by atoms with van der Waals surface area (Å²) >= 11 is 0. The summed E-state index contributed by atoms with van der Waals surface area (Å²) in [5, 5.41) is 0. The van der Waals surface area contributed by atoms with Crippen molar-refractivity contribution >= 4 is 18.1 Å². The SMILES string of the molecule is Cc1cc(C)c(N2C=CN(C3CCCCCCC3)C2)c(C)c1.Cl. The number of anilines is 1. The molecule has 2 aliphatic rings. The highest BCUT2D eigenvalue weighted by molar-refractivity contribution is 5.85. The van der Waals surface area contributed by atoms with Crippen LogP contribution in [0.15, 0.2) is 24.5 Å². The molecule has 1 aliphatic heterocycles. The van der Waals surface area contributed by atoms with E-state index in [2.05, 4.69) is 55.1 Å². The molecule has 23 heavy (non-hydrogen) atoms. The van der Waals surface area contributed by atoms with Crippen molar-refractivity contribution in [2.24, 2.45) is 0 Å². The lowest BCUT2D eigenvalue weighted by atomic mass is 9.96. The molecule has 0 radical (unpaired) electrons. The van der Waals surface area contributed by atoms with Crippen molar-refractivity contribution in [3.8, 4) is 0 Å². The van der Waals surface area contributed by atoms with E-state index >= 15 is 0 Å². The van der Waals surface area contributed by atoms with E-state index < -0.39 is 0 Å². The Balaban J connectivity index is 0.00000192. The first kappa shape index (κ1) is 18.2. The van der Waals surface area contributed by atoms with Crippen LogP contribution >= 0.6 is 12.4 Å². The zero-order valence-electron chi connectivity index (χ0n) is 14.8. The van der Waals surface area contributed by atoms with E-state index in [1.165, 1.54) is 67.3 Å². The molecule has 3 rings (SSSR count). The van der Waals surface area contributed by atoms with Gasteiger partial charge < -0.3 is 9.80 Å². The number of hydrogen-bond acceptors (Lipinski definition) is 2. The van der Waals surface area contributed by atoms with Gasteiger partial charge in [0.15, 0.2) is 0 Å². The van der Waals surface area contributed by atoms with Crippen molar-refractivity contribution in [3.63, 3.8) is 0 Å². The molecule has 0 N–H and O–H groups in total. The summed E-state index contributed by atoms with van der Waals surface area (Å²) in [7, 11) is 0. The lowest BCUT2D eigenvalue weighted by Crippen LogP contribution is -2.34. The average Bonchev–Trinajstić information content (AvgIpc) is 2.86. The van der Waals surface area contributed by atoms with Crippen LogP contribution in [-0.2, 0) is 0 Å². The minimum absolute atomic E-state index is 0. The normalized spacial score (nSPS) is 19.4. The van der Waals surface area contributed by atoms with E-state index in [1.807, 2.05) is 0 Å². The van der Waals surface area contributed by atoms with Gasteiger partial charge in [-0.2, -0.15) is 0 Å². The maximum Gasteiger partial charge on any atom is 0.0944 e. The molecule has 0 spiro atoms. The fraction of sp³-hybridized carbons (Fsp3) is 0.600. The van der Waals surface area contributed by atoms with E-state index in [4.69, 9.17) is 0 Å². The molecule has 1 aromatic rings. The predicted octanol–water partition coefficient (Wildman–Crippen LogP) is 5.70. The van der Waals surface area contributed by atoms with Crippen molar-refractivity contribution < 1.29 is 0 Å². The molecule has 1 aliphatic carbocycles. The summed E-state index contributed by atoms with van der Waals surface area (Å²) in [6.07, 6.45) is 14.4. The Morgan fingerprint density at radius 2 is 1.39 bits per heavy atom. The van der Waals surface area contributed by atoms with Crippen molar-refractivity contribution in [3.05, 3.63) is 41.2 Å². The van der Waals surface area contributed by atoms with Crippen LogP contribution in [0.2, 0.25) is 0 Å². The lowest BCUT2D eigenvalue weighted by molar-refractivity contribution is 0.245. The first-order valence-electron chi connectivity index (χ1n) is 8.94. The summed E-state index contributed by atoms with van der Waals surface area (Å²) < 4.78 is 0. The number of benzene rings is 1. The molecule has 1 fully saturated rings. The number of hydrogen-bond donors (Lipinski definition) is 0. The van der Waals surface area contributed by atoms with E-state index in [0.717, 1.165) is 12.7 Å². The van der Waals surface area contributed by atoms with E-state index in [-0.39, 0.29) is 12.4 Å². The number of aryl methyl sites for hydroxylation is 3. The highest BCUT2D eigenvalue weighted by Gasteiger charge is 2.23. The second-order valence-electron chi connectivity index (χ2n) is 7.17. The van der Waals surface area contributed by atoms with Gasteiger partial charge in [0.05, 0.1) is 6.67 Å². The van der Waals surface area contributed by atoms with Gasteiger partial charge in [-0.25, -0.2) is 0 Å². The first-order valence-corrected chi connectivity index (χ1v) is 8.94. The van der Waals surface area contributed by atoms with Gasteiger partial charge in [-0.3, -0.25) is 0 Å². The summed E-state index contributed by atoms with van der Waals surface area (Å²) in [5.41, 5.74) is 5.54. The third-order valence-corrected chi connectivity index (χ3v) is 5.22. The number of rotatable bonds is 2. The minimum Gasteiger partial charge on any atom is -0.355 e. The van der Waals surface area contributed by atoms with E-state index in [1.54, 1.807) is 0 Å². The number of nitrogens with zero attached hydrogens (tertiary/aromatic N) is 2. The molecule has 1 heterocycles. The molecule has 0 saturated heterocycles. The van der Waals surface area contributed by atoms with Gasteiger partial charge in [0.2, 0.25) is 0 Å². The van der Waals surface area contributed by atoms with Crippen molar-refractivity contribution in [2.75, 3.05) is 11.6 Å². The number of halogens is 1. The van der Waals surface area contributed by atoms with Gasteiger partial charge in [-0.1, -0.05) is 49.8 Å². The van der Waals surface area contributed by atoms with Crippen LogP contribution in [0.25, 0.3) is 0 Å². The Morgan fingerprint density at radius 1 is 0.826 bits per heavy atom. The van der Waals surface area contributed by atoms with Crippen LogP contribution in [0.3, 0.4) is 0 Å². The maximum atomic E-state index is 2.57. The van der Waals surface area contributed by atoms with Crippen molar-refractivity contribution in [2.45, 2.75) is 71.8 Å². The molecule has 0 unspecified atom stereocenters. The van der Waals surface area contributed by atoms with Gasteiger partial charge in [-0.05, 0) is 44.7 Å². The summed E-state index contributed by atoms with van der Waals surface area (Å²) in [5.74, 6) is 0. The van der Waals surface area contributed by atoms with Crippen LogP contribution in [-0.4, -0.2) is 17.6 Å². The van der Waals surface area contributed by atoms with Crippen LogP contribution in [0.1, 0.15) is 61.6 Å². The predicted molar refractivity (Wildman–Crippen MR) is 102 cm³/mol. The lowest BCUT2D eigenvalue weighted by Gasteiger charge is -2.32. The Morgan fingerprint density at radius 3 is 2.00 bits per heavy atom. The zero-order valence-corrected chi connectivity index (χ0v) is 15.7. The summed E-state index contributed by atoms with van der Waals surface area (Å²) in [6, 6.07) is 5.34. The second-order valence-corrected chi connectivity index (χ2v) is 7.17. The Kier molecular flexibility index (Phi) is 6.41. The van der Waals surface area contributed by atoms with E-state index in [9.17, 15) is 0 Å². The zero-order chi connectivity index (χ0) is 15.5. The molecule has 0 amide bonds. The quantitative estimate of drug-likeness (QED) is 0.684. The van der Waals surface area contributed by atoms with Crippen molar-refractivity contribution in [1.29, 1.82) is 0 Å². The average molecular weight is 335 g/mol. The van der Waals surface area contributed by atoms with Crippen LogP contribution in [0.5, 0.6) is 0 Å². The molecule has 2 nitrogen and oxygen atoms in total. The summed E-state index contributed by atoms with van der Waals surface area (Å²) in [4.78, 5) is 5.01. The fourth-order valence-electron chi connectivity index (χ4n) is 4.21. The third kappa shape index (κ3) is 4.23. The minimum atomic E-state index is 0. The monoisotopic (exact) mass is 334 g/mol. The highest BCUT2D eigenvalue weighted by atomic mass is 35.5. The Hall–Kier alpha value is -1.15.